The first-order chi connectivity index (χ1) is 13.5. The number of hydrogen-bond acceptors (Lipinski definition) is 3. The largest absolute Gasteiger partial charge is 0.491 e. The van der Waals surface area contributed by atoms with Crippen LogP contribution in [-0.2, 0) is 16.1 Å². The van der Waals surface area contributed by atoms with E-state index in [0.29, 0.717) is 6.42 Å². The van der Waals surface area contributed by atoms with Crippen LogP contribution in [0.1, 0.15) is 57.9 Å². The van der Waals surface area contributed by atoms with Crippen molar-refractivity contribution in [3.8, 4) is 5.75 Å². The van der Waals surface area contributed by atoms with Crippen LogP contribution < -0.4 is 4.74 Å². The Balaban J connectivity index is 1.85. The molecule has 4 rings (SSSR count). The predicted octanol–water partition coefficient (Wildman–Crippen LogP) is 6.20. The minimum Gasteiger partial charge on any atom is -0.491 e. The molecule has 29 heavy (non-hydrogen) atoms. The van der Waals surface area contributed by atoms with Crippen LogP contribution in [0.25, 0.3) is 0 Å². The molecule has 0 amide bonds. The highest BCUT2D eigenvalue weighted by Crippen LogP contribution is 2.63. The Kier molecular flexibility index (Phi) is 5.86. The standard InChI is InChI=1S/C20H24F6O3/c1-3-7-17-8-10-18(11-9-17,20(25,26)29-19(17,23)24)28-12-13-5-6-14(27-4-2)16(22)15(13)21/h5-6H,3-4,7-12H2,1-2H3. The second-order valence-corrected chi connectivity index (χ2v) is 7.73. The van der Waals surface area contributed by atoms with E-state index in [2.05, 4.69) is 4.74 Å². The molecule has 3 fully saturated rings. The average Bonchev–Trinajstić information content (AvgIpc) is 2.75. The third kappa shape index (κ3) is 3.60. The van der Waals surface area contributed by atoms with Gasteiger partial charge in [0.1, 0.15) is 0 Å². The van der Waals surface area contributed by atoms with Crippen molar-refractivity contribution in [2.24, 2.45) is 5.41 Å². The zero-order chi connectivity index (χ0) is 21.5. The average molecular weight is 426 g/mol. The normalized spacial score (nSPS) is 30.2. The van der Waals surface area contributed by atoms with E-state index in [1.54, 1.807) is 13.8 Å². The molecule has 9 heteroatoms. The van der Waals surface area contributed by atoms with Crippen molar-refractivity contribution in [2.45, 2.75) is 76.8 Å². The Morgan fingerprint density at radius 2 is 1.59 bits per heavy atom. The number of alkyl halides is 4. The molecule has 0 spiro atoms. The van der Waals surface area contributed by atoms with Gasteiger partial charge >= 0.3 is 12.2 Å². The highest BCUT2D eigenvalue weighted by atomic mass is 19.3. The van der Waals surface area contributed by atoms with Gasteiger partial charge in [-0.25, -0.2) is 4.39 Å². The summed E-state index contributed by atoms with van der Waals surface area (Å²) in [6.07, 6.45) is -8.98. The lowest BCUT2D eigenvalue weighted by molar-refractivity contribution is -0.428. The second-order valence-electron chi connectivity index (χ2n) is 7.73. The second kappa shape index (κ2) is 7.65. The van der Waals surface area contributed by atoms with Crippen LogP contribution in [0.2, 0.25) is 0 Å². The van der Waals surface area contributed by atoms with Crippen molar-refractivity contribution in [2.75, 3.05) is 6.61 Å². The first kappa shape index (κ1) is 22.2. The molecule has 2 saturated heterocycles. The number of rotatable bonds is 7. The Morgan fingerprint density at radius 3 is 2.17 bits per heavy atom. The molecule has 1 aliphatic carbocycles. The van der Waals surface area contributed by atoms with E-state index in [1.165, 1.54) is 6.07 Å². The molecule has 0 unspecified atom stereocenters. The maximum absolute atomic E-state index is 14.7. The van der Waals surface area contributed by atoms with E-state index < -0.39 is 41.5 Å². The summed E-state index contributed by atoms with van der Waals surface area (Å²) in [4.78, 5) is 0. The molecule has 164 valence electrons. The van der Waals surface area contributed by atoms with Gasteiger partial charge in [-0.3, -0.25) is 4.74 Å². The molecule has 0 radical (unpaired) electrons. The lowest BCUT2D eigenvalue weighted by atomic mass is 9.66. The van der Waals surface area contributed by atoms with Gasteiger partial charge in [0.05, 0.1) is 18.6 Å². The van der Waals surface area contributed by atoms with E-state index in [9.17, 15) is 26.3 Å². The van der Waals surface area contributed by atoms with E-state index in [4.69, 9.17) is 9.47 Å². The van der Waals surface area contributed by atoms with Gasteiger partial charge in [-0.1, -0.05) is 13.3 Å². The van der Waals surface area contributed by atoms with Gasteiger partial charge in [-0.15, -0.1) is 0 Å². The van der Waals surface area contributed by atoms with Crippen LogP contribution >= 0.6 is 0 Å². The molecule has 0 aromatic heterocycles. The van der Waals surface area contributed by atoms with Gasteiger partial charge in [0.15, 0.2) is 17.2 Å². The molecule has 2 aliphatic heterocycles. The fourth-order valence-electron chi connectivity index (χ4n) is 4.35. The summed E-state index contributed by atoms with van der Waals surface area (Å²) in [5, 5.41) is 0. The van der Waals surface area contributed by atoms with Gasteiger partial charge in [-0.2, -0.15) is 22.0 Å². The summed E-state index contributed by atoms with van der Waals surface area (Å²) in [6, 6.07) is 2.33. The van der Waals surface area contributed by atoms with Crippen molar-refractivity contribution in [1.82, 2.24) is 0 Å². The lowest BCUT2D eigenvalue weighted by Gasteiger charge is -2.43. The molecule has 1 aromatic rings. The quantitative estimate of drug-likeness (QED) is 0.486. The zero-order valence-corrected chi connectivity index (χ0v) is 16.3. The molecule has 3 nitrogen and oxygen atoms in total. The minimum absolute atomic E-state index is 0.0465. The minimum atomic E-state index is -4.28. The third-order valence-corrected chi connectivity index (χ3v) is 6.08. The van der Waals surface area contributed by atoms with Crippen LogP contribution in [-0.4, -0.2) is 24.4 Å². The fourth-order valence-corrected chi connectivity index (χ4v) is 4.35. The maximum Gasteiger partial charge on any atom is 0.389 e. The van der Waals surface area contributed by atoms with E-state index in [1.807, 2.05) is 0 Å². The lowest BCUT2D eigenvalue weighted by Crippen LogP contribution is -2.52. The first-order valence-corrected chi connectivity index (χ1v) is 9.72. The highest BCUT2D eigenvalue weighted by Gasteiger charge is 2.72. The molecule has 3 aliphatic rings. The van der Waals surface area contributed by atoms with Crippen LogP contribution in [0, 0.1) is 17.0 Å². The van der Waals surface area contributed by atoms with E-state index in [0.717, 1.165) is 6.07 Å². The van der Waals surface area contributed by atoms with Crippen molar-refractivity contribution in [3.05, 3.63) is 29.3 Å². The van der Waals surface area contributed by atoms with Crippen LogP contribution in [0.5, 0.6) is 5.75 Å². The summed E-state index contributed by atoms with van der Waals surface area (Å²) in [5.74, 6) is -2.85. The Hall–Kier alpha value is -1.48. The van der Waals surface area contributed by atoms with Crippen LogP contribution in [0.4, 0.5) is 26.3 Å². The van der Waals surface area contributed by atoms with Crippen molar-refractivity contribution in [1.29, 1.82) is 0 Å². The van der Waals surface area contributed by atoms with Crippen LogP contribution in [0.15, 0.2) is 12.1 Å². The number of halogens is 6. The van der Waals surface area contributed by atoms with Gasteiger partial charge < -0.3 is 9.47 Å². The number of hydrogen-bond donors (Lipinski definition) is 0. The van der Waals surface area contributed by atoms with Gasteiger partial charge in [0.25, 0.3) is 0 Å². The first-order valence-electron chi connectivity index (χ1n) is 9.72. The highest BCUT2D eigenvalue weighted by molar-refractivity contribution is 5.30. The SMILES string of the molecule is CCCC12CCC(OCc3ccc(OCC)c(F)c3F)(CC1)C(F)(F)OC2(F)F. The summed E-state index contributed by atoms with van der Waals surface area (Å²) in [6.45, 7) is 2.71. The van der Waals surface area contributed by atoms with Crippen molar-refractivity contribution < 1.29 is 40.6 Å². The number of benzene rings is 1. The maximum atomic E-state index is 14.7. The molecular weight excluding hydrogens is 402 g/mol. The monoisotopic (exact) mass is 426 g/mol. The van der Waals surface area contributed by atoms with Gasteiger partial charge in [0, 0.05) is 5.56 Å². The Bertz CT molecular complexity index is 744. The molecule has 0 N–H and O–H groups in total. The topological polar surface area (TPSA) is 27.7 Å². The summed E-state index contributed by atoms with van der Waals surface area (Å²) in [7, 11) is 0. The molecule has 0 atom stereocenters. The number of ether oxygens (including phenoxy) is 3. The third-order valence-electron chi connectivity index (χ3n) is 6.08. The molecular formula is C20H24F6O3. The van der Waals surface area contributed by atoms with Crippen molar-refractivity contribution in [3.63, 3.8) is 0 Å². The molecule has 1 aromatic carbocycles. The van der Waals surface area contributed by atoms with Gasteiger partial charge in [0.2, 0.25) is 5.82 Å². The molecule has 2 bridgehead atoms. The fraction of sp³-hybridized carbons (Fsp3) is 0.700. The molecule has 2 heterocycles. The number of fused-ring (bicyclic) bond motifs is 4. The predicted molar refractivity (Wildman–Crippen MR) is 91.8 cm³/mol. The van der Waals surface area contributed by atoms with Crippen molar-refractivity contribution >= 4 is 0 Å². The summed E-state index contributed by atoms with van der Waals surface area (Å²) < 4.78 is 101. The zero-order valence-electron chi connectivity index (χ0n) is 16.3. The smallest absolute Gasteiger partial charge is 0.389 e. The van der Waals surface area contributed by atoms with Crippen LogP contribution in [0.3, 0.4) is 0 Å². The molecule has 1 saturated carbocycles. The summed E-state index contributed by atoms with van der Waals surface area (Å²) in [5.41, 5.74) is -4.31. The summed E-state index contributed by atoms with van der Waals surface area (Å²) >= 11 is 0. The Morgan fingerprint density at radius 1 is 0.931 bits per heavy atom. The Labute approximate surface area is 165 Å². The van der Waals surface area contributed by atoms with E-state index in [-0.39, 0.29) is 50.0 Å². The van der Waals surface area contributed by atoms with E-state index >= 15 is 0 Å². The van der Waals surface area contributed by atoms with Gasteiger partial charge in [-0.05, 0) is 51.2 Å².